The number of carbonyl (C=O) groups excluding carboxylic acids is 2. The third-order valence-corrected chi connectivity index (χ3v) is 3.72. The van der Waals surface area contributed by atoms with E-state index in [4.69, 9.17) is 14.2 Å². The summed E-state index contributed by atoms with van der Waals surface area (Å²) in [4.78, 5) is 25.4. The molecular weight excluding hydrogens is 348 g/mol. The summed E-state index contributed by atoms with van der Waals surface area (Å²) in [5.74, 6) is 0.220. The molecule has 0 aliphatic rings. The molecule has 0 radical (unpaired) electrons. The Morgan fingerprint density at radius 2 is 1.56 bits per heavy atom. The van der Waals surface area contributed by atoms with Gasteiger partial charge in [0.15, 0.2) is 13.2 Å². The van der Waals surface area contributed by atoms with Crippen molar-refractivity contribution in [1.29, 1.82) is 0 Å². The molecule has 0 aromatic heterocycles. The summed E-state index contributed by atoms with van der Waals surface area (Å²) in [7, 11) is 5.49. The van der Waals surface area contributed by atoms with Gasteiger partial charge in [-0.25, -0.2) is 4.79 Å². The van der Waals surface area contributed by atoms with Crippen LogP contribution in [0.4, 0.5) is 5.69 Å². The van der Waals surface area contributed by atoms with Gasteiger partial charge in [-0.1, -0.05) is 12.1 Å². The Hall–Kier alpha value is -3.22. The zero-order chi connectivity index (χ0) is 19.6. The minimum Gasteiger partial charge on any atom is -0.497 e. The van der Waals surface area contributed by atoms with Crippen molar-refractivity contribution in [3.05, 3.63) is 54.1 Å². The van der Waals surface area contributed by atoms with E-state index in [1.165, 1.54) is 0 Å². The van der Waals surface area contributed by atoms with Crippen molar-refractivity contribution in [2.45, 2.75) is 6.54 Å². The number of nitrogens with zero attached hydrogens (tertiary/aromatic N) is 1. The molecule has 27 heavy (non-hydrogen) atoms. The van der Waals surface area contributed by atoms with Crippen molar-refractivity contribution >= 4 is 17.6 Å². The fraction of sp³-hybridized carbons (Fsp3) is 0.300. The van der Waals surface area contributed by atoms with Crippen molar-refractivity contribution < 1.29 is 23.8 Å². The molecule has 1 amide bonds. The van der Waals surface area contributed by atoms with Gasteiger partial charge in [0.1, 0.15) is 11.5 Å². The number of carbonyl (C=O) groups is 2. The maximum absolute atomic E-state index is 11.8. The Bertz CT molecular complexity index is 742. The Morgan fingerprint density at radius 1 is 0.926 bits per heavy atom. The van der Waals surface area contributed by atoms with Crippen LogP contribution in [0.15, 0.2) is 48.5 Å². The first-order valence-corrected chi connectivity index (χ1v) is 8.43. The lowest BCUT2D eigenvalue weighted by atomic mass is 10.2. The second kappa shape index (κ2) is 10.1. The molecule has 2 rings (SSSR count). The minimum atomic E-state index is -0.615. The number of nitrogens with one attached hydrogen (secondary N) is 1. The number of esters is 1. The highest BCUT2D eigenvalue weighted by Gasteiger charge is 2.09. The van der Waals surface area contributed by atoms with Gasteiger partial charge in [-0.3, -0.25) is 4.79 Å². The molecule has 0 saturated heterocycles. The van der Waals surface area contributed by atoms with Gasteiger partial charge in [0.05, 0.1) is 7.11 Å². The van der Waals surface area contributed by atoms with Crippen LogP contribution in [0.25, 0.3) is 0 Å². The molecule has 0 saturated carbocycles. The van der Waals surface area contributed by atoms with E-state index >= 15 is 0 Å². The maximum Gasteiger partial charge on any atom is 0.344 e. The fourth-order valence-corrected chi connectivity index (χ4v) is 2.17. The van der Waals surface area contributed by atoms with Crippen LogP contribution in [0.5, 0.6) is 11.5 Å². The summed E-state index contributed by atoms with van der Waals surface area (Å²) in [5, 5.41) is 2.70. The summed E-state index contributed by atoms with van der Waals surface area (Å²) in [5.41, 5.74) is 2.04. The first kappa shape index (κ1) is 20.1. The summed E-state index contributed by atoms with van der Waals surface area (Å²) in [6, 6.07) is 14.6. The monoisotopic (exact) mass is 372 g/mol. The Kier molecular flexibility index (Phi) is 7.49. The smallest absolute Gasteiger partial charge is 0.344 e. The number of amides is 1. The maximum atomic E-state index is 11.8. The average Bonchev–Trinajstić information content (AvgIpc) is 2.69. The zero-order valence-corrected chi connectivity index (χ0v) is 15.7. The van der Waals surface area contributed by atoms with E-state index in [0.717, 1.165) is 11.3 Å². The molecule has 0 bridgehead atoms. The zero-order valence-electron chi connectivity index (χ0n) is 15.7. The highest BCUT2D eigenvalue weighted by atomic mass is 16.6. The van der Waals surface area contributed by atoms with Gasteiger partial charge in [-0.05, 0) is 42.0 Å². The largest absolute Gasteiger partial charge is 0.497 e. The van der Waals surface area contributed by atoms with Crippen LogP contribution in [-0.4, -0.2) is 46.3 Å². The van der Waals surface area contributed by atoms with Crippen molar-refractivity contribution in [2.24, 2.45) is 0 Å². The number of methoxy groups -OCH3 is 1. The average molecular weight is 372 g/mol. The minimum absolute atomic E-state index is 0.272. The quantitative estimate of drug-likeness (QED) is 0.679. The second-order valence-corrected chi connectivity index (χ2v) is 5.96. The number of rotatable bonds is 9. The molecule has 2 aromatic rings. The van der Waals surface area contributed by atoms with Crippen molar-refractivity contribution in [3.8, 4) is 11.5 Å². The molecule has 2 aromatic carbocycles. The third-order valence-electron chi connectivity index (χ3n) is 3.72. The summed E-state index contributed by atoms with van der Waals surface area (Å²) >= 11 is 0. The van der Waals surface area contributed by atoms with E-state index in [0.29, 0.717) is 18.0 Å². The van der Waals surface area contributed by atoms with Crippen LogP contribution in [0.1, 0.15) is 5.56 Å². The van der Waals surface area contributed by atoms with Gasteiger partial charge in [-0.2, -0.15) is 0 Å². The molecule has 0 aliphatic carbocycles. The lowest BCUT2D eigenvalue weighted by molar-refractivity contribution is -0.150. The first-order chi connectivity index (χ1) is 13.0. The van der Waals surface area contributed by atoms with E-state index in [1.807, 2.05) is 43.3 Å². The van der Waals surface area contributed by atoms with E-state index in [2.05, 4.69) is 5.32 Å². The van der Waals surface area contributed by atoms with Crippen LogP contribution < -0.4 is 19.7 Å². The van der Waals surface area contributed by atoms with Crippen LogP contribution >= 0.6 is 0 Å². The molecule has 1 N–H and O–H groups in total. The number of hydrogen-bond acceptors (Lipinski definition) is 6. The van der Waals surface area contributed by atoms with Gasteiger partial charge < -0.3 is 24.4 Å². The number of hydrogen-bond donors (Lipinski definition) is 1. The Labute approximate surface area is 158 Å². The molecule has 144 valence electrons. The number of anilines is 1. The lowest BCUT2D eigenvalue weighted by Gasteiger charge is -2.13. The molecule has 7 heteroatoms. The summed E-state index contributed by atoms with van der Waals surface area (Å²) in [6.07, 6.45) is 0. The highest BCUT2D eigenvalue weighted by molar-refractivity contribution is 5.80. The molecule has 0 heterocycles. The van der Waals surface area contributed by atoms with E-state index in [1.54, 1.807) is 31.4 Å². The molecular formula is C20H24N2O5. The fourth-order valence-electron chi connectivity index (χ4n) is 2.17. The van der Waals surface area contributed by atoms with Crippen molar-refractivity contribution in [2.75, 3.05) is 39.3 Å². The Balaban J connectivity index is 1.66. The van der Waals surface area contributed by atoms with Crippen LogP contribution in [0.2, 0.25) is 0 Å². The molecule has 0 unspecified atom stereocenters. The van der Waals surface area contributed by atoms with Gasteiger partial charge in [0.25, 0.3) is 5.91 Å². The van der Waals surface area contributed by atoms with E-state index < -0.39 is 5.97 Å². The van der Waals surface area contributed by atoms with Crippen LogP contribution in [-0.2, 0) is 20.9 Å². The molecule has 7 nitrogen and oxygen atoms in total. The first-order valence-electron chi connectivity index (χ1n) is 8.43. The van der Waals surface area contributed by atoms with Crippen LogP contribution in [0.3, 0.4) is 0 Å². The van der Waals surface area contributed by atoms with E-state index in [9.17, 15) is 9.59 Å². The standard InChI is InChI=1S/C20H24N2O5/c1-22(2)16-6-4-15(5-7-16)12-21-19(23)13-27-20(24)14-26-18-10-8-17(25-3)9-11-18/h4-11H,12-14H2,1-3H3,(H,21,23). The predicted molar refractivity (Wildman–Crippen MR) is 102 cm³/mol. The normalized spacial score (nSPS) is 10.0. The topological polar surface area (TPSA) is 77.1 Å². The lowest BCUT2D eigenvalue weighted by Crippen LogP contribution is -2.29. The summed E-state index contributed by atoms with van der Waals surface area (Å²) in [6.45, 7) is -0.251. The highest BCUT2D eigenvalue weighted by Crippen LogP contribution is 2.16. The molecule has 0 fully saturated rings. The SMILES string of the molecule is COc1ccc(OCC(=O)OCC(=O)NCc2ccc(N(C)C)cc2)cc1. The number of ether oxygens (including phenoxy) is 3. The molecule has 0 aliphatic heterocycles. The van der Waals surface area contributed by atoms with Crippen molar-refractivity contribution in [1.82, 2.24) is 5.32 Å². The van der Waals surface area contributed by atoms with E-state index in [-0.39, 0.29) is 19.1 Å². The van der Waals surface area contributed by atoms with Crippen LogP contribution in [0, 0.1) is 0 Å². The van der Waals surface area contributed by atoms with Gasteiger partial charge in [0.2, 0.25) is 0 Å². The Morgan fingerprint density at radius 3 is 2.15 bits per heavy atom. The van der Waals surface area contributed by atoms with Gasteiger partial charge >= 0.3 is 5.97 Å². The third kappa shape index (κ3) is 6.89. The number of benzene rings is 2. The summed E-state index contributed by atoms with van der Waals surface area (Å²) < 4.78 is 15.2. The van der Waals surface area contributed by atoms with Crippen molar-refractivity contribution in [3.63, 3.8) is 0 Å². The van der Waals surface area contributed by atoms with Gasteiger partial charge in [-0.15, -0.1) is 0 Å². The van der Waals surface area contributed by atoms with Gasteiger partial charge in [0, 0.05) is 26.3 Å². The predicted octanol–water partition coefficient (Wildman–Crippen LogP) is 2.00. The second-order valence-electron chi connectivity index (χ2n) is 5.96. The molecule has 0 atom stereocenters. The molecule has 0 spiro atoms.